The standard InChI is InChI=1S/C31H23ClN2O5S/c32-29-25-11-5-7-13-27(25)40-30(29)31(36)39-26-12-6-4-10-22(26)18-33-34-28(35)20-38-24-16-14-23(15-17-24)37-19-21-8-2-1-3-9-21/h1-18H,19-20H2,(H,34,35). The lowest BCUT2D eigenvalue weighted by atomic mass is 10.2. The Labute approximate surface area is 239 Å². The fourth-order valence-corrected chi connectivity index (χ4v) is 5.08. The topological polar surface area (TPSA) is 86.2 Å². The second-order valence-electron chi connectivity index (χ2n) is 8.50. The van der Waals surface area contributed by atoms with E-state index >= 15 is 0 Å². The highest BCUT2D eigenvalue weighted by Gasteiger charge is 2.19. The molecular weight excluding hydrogens is 548 g/mol. The van der Waals surface area contributed by atoms with Crippen molar-refractivity contribution in [1.29, 1.82) is 0 Å². The average molecular weight is 571 g/mol. The highest BCUT2D eigenvalue weighted by Crippen LogP contribution is 2.36. The first kappa shape index (κ1) is 26.9. The molecule has 0 saturated carbocycles. The Kier molecular flexibility index (Phi) is 8.70. The maximum absolute atomic E-state index is 12.8. The normalized spacial score (nSPS) is 10.9. The van der Waals surface area contributed by atoms with Crippen LogP contribution in [0.5, 0.6) is 17.2 Å². The van der Waals surface area contributed by atoms with Gasteiger partial charge in [-0.1, -0.05) is 72.3 Å². The number of esters is 1. The van der Waals surface area contributed by atoms with E-state index < -0.39 is 11.9 Å². The molecule has 0 aliphatic heterocycles. The number of nitrogens with one attached hydrogen (secondary N) is 1. The van der Waals surface area contributed by atoms with Crippen molar-refractivity contribution < 1.29 is 23.8 Å². The van der Waals surface area contributed by atoms with E-state index in [4.69, 9.17) is 25.8 Å². The molecule has 4 aromatic carbocycles. The second-order valence-corrected chi connectivity index (χ2v) is 9.93. The summed E-state index contributed by atoms with van der Waals surface area (Å²) in [4.78, 5) is 25.4. The molecule has 5 rings (SSSR count). The minimum absolute atomic E-state index is 0.234. The summed E-state index contributed by atoms with van der Waals surface area (Å²) in [5.74, 6) is 0.473. The van der Waals surface area contributed by atoms with Crippen molar-refractivity contribution in [2.45, 2.75) is 6.61 Å². The van der Waals surface area contributed by atoms with Crippen molar-refractivity contribution in [3.63, 3.8) is 0 Å². The third-order valence-corrected chi connectivity index (χ3v) is 7.33. The van der Waals surface area contributed by atoms with Gasteiger partial charge in [0.1, 0.15) is 28.7 Å². The molecule has 0 atom stereocenters. The van der Waals surface area contributed by atoms with Crippen molar-refractivity contribution in [2.75, 3.05) is 6.61 Å². The average Bonchev–Trinajstić information content (AvgIpc) is 3.33. The van der Waals surface area contributed by atoms with Gasteiger partial charge in [-0.2, -0.15) is 5.10 Å². The Morgan fingerprint density at radius 2 is 1.50 bits per heavy atom. The lowest BCUT2D eigenvalue weighted by Gasteiger charge is -2.08. The summed E-state index contributed by atoms with van der Waals surface area (Å²) in [6.07, 6.45) is 1.39. The van der Waals surface area contributed by atoms with E-state index in [9.17, 15) is 9.59 Å². The Hall–Kier alpha value is -4.66. The molecule has 9 heteroatoms. The number of hydrogen-bond acceptors (Lipinski definition) is 7. The number of halogens is 1. The van der Waals surface area contributed by atoms with Crippen LogP contribution in [0.3, 0.4) is 0 Å². The molecule has 0 aliphatic carbocycles. The number of hydrogen-bond donors (Lipinski definition) is 1. The second kappa shape index (κ2) is 12.9. The quantitative estimate of drug-likeness (QED) is 0.0856. The minimum atomic E-state index is -0.569. The third kappa shape index (κ3) is 6.85. The molecule has 0 spiro atoms. The van der Waals surface area contributed by atoms with Crippen molar-refractivity contribution >= 4 is 51.1 Å². The number of thiophene rings is 1. The first-order chi connectivity index (χ1) is 19.6. The number of carbonyl (C=O) groups is 2. The summed E-state index contributed by atoms with van der Waals surface area (Å²) in [6, 6.07) is 31.2. The van der Waals surface area contributed by atoms with Gasteiger partial charge in [-0.15, -0.1) is 11.3 Å². The lowest BCUT2D eigenvalue weighted by Crippen LogP contribution is -2.24. The number of nitrogens with zero attached hydrogens (tertiary/aromatic N) is 1. The van der Waals surface area contributed by atoms with Gasteiger partial charge in [0, 0.05) is 15.6 Å². The van der Waals surface area contributed by atoms with E-state index in [0.29, 0.717) is 33.6 Å². The van der Waals surface area contributed by atoms with E-state index in [1.807, 2.05) is 54.6 Å². The molecule has 200 valence electrons. The molecule has 1 N–H and O–H groups in total. The lowest BCUT2D eigenvalue weighted by molar-refractivity contribution is -0.123. The molecule has 1 aromatic heterocycles. The van der Waals surface area contributed by atoms with Crippen molar-refractivity contribution in [3.8, 4) is 17.2 Å². The van der Waals surface area contributed by atoms with Crippen molar-refractivity contribution in [2.24, 2.45) is 5.10 Å². The van der Waals surface area contributed by atoms with Crippen LogP contribution in [0.15, 0.2) is 108 Å². The predicted molar refractivity (Wildman–Crippen MR) is 157 cm³/mol. The smallest absolute Gasteiger partial charge is 0.355 e. The molecule has 1 amide bonds. The molecule has 0 aliphatic rings. The minimum Gasteiger partial charge on any atom is -0.489 e. The largest absolute Gasteiger partial charge is 0.489 e. The number of carbonyl (C=O) groups excluding carboxylic acids is 2. The molecule has 5 aromatic rings. The van der Waals surface area contributed by atoms with Gasteiger partial charge in [0.25, 0.3) is 5.91 Å². The van der Waals surface area contributed by atoms with E-state index in [2.05, 4.69) is 10.5 Å². The molecule has 7 nitrogen and oxygen atoms in total. The van der Waals surface area contributed by atoms with E-state index in [1.54, 1.807) is 48.5 Å². The Morgan fingerprint density at radius 3 is 2.27 bits per heavy atom. The van der Waals surface area contributed by atoms with Gasteiger partial charge in [0.2, 0.25) is 0 Å². The van der Waals surface area contributed by atoms with Gasteiger partial charge >= 0.3 is 5.97 Å². The number of fused-ring (bicyclic) bond motifs is 1. The van der Waals surface area contributed by atoms with Crippen LogP contribution in [0.25, 0.3) is 10.1 Å². The summed E-state index contributed by atoms with van der Waals surface area (Å²) >= 11 is 7.68. The van der Waals surface area contributed by atoms with E-state index in [0.717, 1.165) is 15.6 Å². The Bertz CT molecular complexity index is 1650. The number of hydrazone groups is 1. The number of benzene rings is 4. The molecule has 1 heterocycles. The number of para-hydroxylation sites is 1. The van der Waals surface area contributed by atoms with Gasteiger partial charge in [-0.3, -0.25) is 4.79 Å². The van der Waals surface area contributed by atoms with Crippen LogP contribution in [0, 0.1) is 0 Å². The van der Waals surface area contributed by atoms with Gasteiger partial charge < -0.3 is 14.2 Å². The van der Waals surface area contributed by atoms with Gasteiger partial charge in [-0.25, -0.2) is 10.2 Å². The molecular formula is C31H23ClN2O5S. The highest BCUT2D eigenvalue weighted by molar-refractivity contribution is 7.21. The molecule has 0 unspecified atom stereocenters. The van der Waals surface area contributed by atoms with Crippen molar-refractivity contribution in [1.82, 2.24) is 5.43 Å². The summed E-state index contributed by atoms with van der Waals surface area (Å²) in [6.45, 7) is 0.227. The zero-order valence-electron chi connectivity index (χ0n) is 21.1. The van der Waals surface area contributed by atoms with E-state index in [1.165, 1.54) is 17.6 Å². The molecule has 0 fully saturated rings. The maximum atomic E-state index is 12.8. The van der Waals surface area contributed by atoms with Crippen LogP contribution < -0.4 is 19.6 Å². The number of ether oxygens (including phenoxy) is 3. The van der Waals surface area contributed by atoms with Gasteiger partial charge in [-0.05, 0) is 48.0 Å². The first-order valence-electron chi connectivity index (χ1n) is 12.3. The summed E-state index contributed by atoms with van der Waals surface area (Å²) in [7, 11) is 0. The fraction of sp³-hybridized carbons (Fsp3) is 0.0645. The fourth-order valence-electron chi connectivity index (χ4n) is 3.70. The highest BCUT2D eigenvalue weighted by atomic mass is 35.5. The summed E-state index contributed by atoms with van der Waals surface area (Å²) in [5.41, 5.74) is 3.98. The number of rotatable bonds is 10. The van der Waals surface area contributed by atoms with Gasteiger partial charge in [0.05, 0.1) is 11.2 Å². The maximum Gasteiger partial charge on any atom is 0.355 e. The van der Waals surface area contributed by atoms with Crippen LogP contribution in [0.4, 0.5) is 0 Å². The van der Waals surface area contributed by atoms with Crippen LogP contribution in [0.1, 0.15) is 20.8 Å². The van der Waals surface area contributed by atoms with Crippen LogP contribution >= 0.6 is 22.9 Å². The summed E-state index contributed by atoms with van der Waals surface area (Å²) < 4.78 is 17.8. The molecule has 0 radical (unpaired) electrons. The first-order valence-corrected chi connectivity index (χ1v) is 13.5. The monoisotopic (exact) mass is 570 g/mol. The zero-order valence-corrected chi connectivity index (χ0v) is 22.7. The number of amides is 1. The molecule has 0 saturated heterocycles. The molecule has 40 heavy (non-hydrogen) atoms. The zero-order chi connectivity index (χ0) is 27.7. The van der Waals surface area contributed by atoms with Crippen LogP contribution in [-0.2, 0) is 11.4 Å². The van der Waals surface area contributed by atoms with E-state index in [-0.39, 0.29) is 12.4 Å². The van der Waals surface area contributed by atoms with Crippen molar-refractivity contribution in [3.05, 3.63) is 124 Å². The Balaban J connectivity index is 1.12. The molecule has 0 bridgehead atoms. The third-order valence-electron chi connectivity index (χ3n) is 5.68. The van der Waals surface area contributed by atoms with Crippen LogP contribution in [0.2, 0.25) is 5.02 Å². The SMILES string of the molecule is O=C(COc1ccc(OCc2ccccc2)cc1)NN=Cc1ccccc1OC(=O)c1sc2ccccc2c1Cl. The van der Waals surface area contributed by atoms with Crippen LogP contribution in [-0.4, -0.2) is 24.7 Å². The summed E-state index contributed by atoms with van der Waals surface area (Å²) in [5, 5.41) is 5.13. The Morgan fingerprint density at radius 1 is 0.825 bits per heavy atom. The predicted octanol–water partition coefficient (Wildman–Crippen LogP) is 6.88. The van der Waals surface area contributed by atoms with Gasteiger partial charge in [0.15, 0.2) is 6.61 Å².